The number of thiazole rings is 1. The van der Waals surface area contributed by atoms with Gasteiger partial charge in [0.1, 0.15) is 0 Å². The molecule has 0 bridgehead atoms. The molecule has 0 unspecified atom stereocenters. The highest BCUT2D eigenvalue weighted by Gasteiger charge is 2.14. The lowest BCUT2D eigenvalue weighted by molar-refractivity contribution is 0.0981. The van der Waals surface area contributed by atoms with Gasteiger partial charge in [0.2, 0.25) is 0 Å². The minimum atomic E-state index is -0.215. The summed E-state index contributed by atoms with van der Waals surface area (Å²) in [5.41, 5.74) is 2.08. The molecule has 3 heterocycles. The third-order valence-electron chi connectivity index (χ3n) is 3.94. The lowest BCUT2D eigenvalue weighted by Gasteiger charge is -2.28. The fourth-order valence-corrected chi connectivity index (χ4v) is 4.46. The van der Waals surface area contributed by atoms with Crippen molar-refractivity contribution in [2.75, 3.05) is 36.5 Å². The zero-order valence-corrected chi connectivity index (χ0v) is 16.2. The van der Waals surface area contributed by atoms with Crippen LogP contribution in [0.5, 0.6) is 0 Å². The first kappa shape index (κ1) is 17.3. The largest absolute Gasteiger partial charge is 0.378 e. The molecule has 0 atom stereocenters. The molecule has 0 spiro atoms. The maximum Gasteiger partial charge on any atom is 0.267 e. The molecular weight excluding hydrogens is 388 g/mol. The number of aromatic nitrogens is 1. The lowest BCUT2D eigenvalue weighted by Crippen LogP contribution is -2.36. The van der Waals surface area contributed by atoms with E-state index in [2.05, 4.69) is 32.7 Å². The Hall–Kier alpha value is -2.07. The monoisotopic (exact) mass is 404 g/mol. The van der Waals surface area contributed by atoms with Crippen molar-refractivity contribution in [2.24, 2.45) is 0 Å². The van der Waals surface area contributed by atoms with Crippen molar-refractivity contribution in [1.29, 1.82) is 0 Å². The number of carbonyl (C=O) groups is 1. The molecule has 1 aliphatic rings. The SMILES string of the molecule is O=C(NC(=S)Nc1nc2ccc(N3CCOCC3)cc2s1)c1cccs1. The van der Waals surface area contributed by atoms with Crippen molar-refractivity contribution >= 4 is 66.9 Å². The van der Waals surface area contributed by atoms with Gasteiger partial charge in [-0.05, 0) is 41.9 Å². The van der Waals surface area contributed by atoms with E-state index in [4.69, 9.17) is 17.0 Å². The Kier molecular flexibility index (Phi) is 5.11. The molecule has 1 saturated heterocycles. The first-order valence-corrected chi connectivity index (χ1v) is 10.2. The van der Waals surface area contributed by atoms with Crippen molar-refractivity contribution in [3.63, 3.8) is 0 Å². The van der Waals surface area contributed by atoms with E-state index < -0.39 is 0 Å². The van der Waals surface area contributed by atoms with Crippen LogP contribution in [-0.4, -0.2) is 42.3 Å². The van der Waals surface area contributed by atoms with Gasteiger partial charge in [0.25, 0.3) is 5.91 Å². The van der Waals surface area contributed by atoms with Gasteiger partial charge in [-0.3, -0.25) is 10.1 Å². The number of fused-ring (bicyclic) bond motifs is 1. The molecule has 2 N–H and O–H groups in total. The van der Waals surface area contributed by atoms with E-state index in [1.807, 2.05) is 17.5 Å². The van der Waals surface area contributed by atoms with Crippen molar-refractivity contribution in [3.8, 4) is 0 Å². The van der Waals surface area contributed by atoms with Gasteiger partial charge in [-0.25, -0.2) is 4.98 Å². The van der Waals surface area contributed by atoms with Crippen molar-refractivity contribution in [1.82, 2.24) is 10.3 Å². The van der Waals surface area contributed by atoms with E-state index >= 15 is 0 Å². The molecule has 4 rings (SSSR count). The number of thiophene rings is 1. The zero-order chi connectivity index (χ0) is 17.9. The minimum Gasteiger partial charge on any atom is -0.378 e. The lowest BCUT2D eigenvalue weighted by atomic mass is 10.2. The van der Waals surface area contributed by atoms with Crippen LogP contribution in [0.4, 0.5) is 10.8 Å². The Bertz CT molecular complexity index is 933. The maximum absolute atomic E-state index is 12.0. The van der Waals surface area contributed by atoms with E-state index in [1.54, 1.807) is 6.07 Å². The van der Waals surface area contributed by atoms with Crippen molar-refractivity contribution in [3.05, 3.63) is 40.6 Å². The molecule has 1 aliphatic heterocycles. The molecule has 0 saturated carbocycles. The van der Waals surface area contributed by atoms with Crippen LogP contribution in [0.3, 0.4) is 0 Å². The Labute approximate surface area is 163 Å². The average Bonchev–Trinajstić information content (AvgIpc) is 3.31. The van der Waals surface area contributed by atoms with E-state index in [-0.39, 0.29) is 11.0 Å². The first-order valence-electron chi connectivity index (χ1n) is 8.08. The molecule has 3 aromatic rings. The van der Waals surface area contributed by atoms with Crippen LogP contribution in [0, 0.1) is 0 Å². The molecule has 9 heteroatoms. The Morgan fingerprint density at radius 3 is 2.88 bits per heavy atom. The second-order valence-electron chi connectivity index (χ2n) is 5.66. The summed E-state index contributed by atoms with van der Waals surface area (Å²) < 4.78 is 6.48. The summed E-state index contributed by atoms with van der Waals surface area (Å²) in [7, 11) is 0. The number of thiocarbonyl (C=S) groups is 1. The number of nitrogens with zero attached hydrogens (tertiary/aromatic N) is 2. The standard InChI is InChI=1S/C17H16N4O2S3/c22-15(13-2-1-9-25-13)19-16(24)20-17-18-12-4-3-11(10-14(12)26-17)21-5-7-23-8-6-21/h1-4,9-10H,5-8H2,(H2,18,19,20,22,24). The van der Waals surface area contributed by atoms with Gasteiger partial charge in [0.05, 0.1) is 28.3 Å². The highest BCUT2D eigenvalue weighted by Crippen LogP contribution is 2.30. The highest BCUT2D eigenvalue weighted by molar-refractivity contribution is 7.80. The summed E-state index contributed by atoms with van der Waals surface area (Å²) in [5.74, 6) is -0.215. The predicted octanol–water partition coefficient (Wildman–Crippen LogP) is 3.32. The van der Waals surface area contributed by atoms with Gasteiger partial charge in [-0.2, -0.15) is 0 Å². The van der Waals surface area contributed by atoms with Crippen LogP contribution >= 0.6 is 34.9 Å². The van der Waals surface area contributed by atoms with Gasteiger partial charge in [-0.15, -0.1) is 11.3 Å². The van der Waals surface area contributed by atoms with Crippen LogP contribution in [0.2, 0.25) is 0 Å². The number of amides is 1. The first-order chi connectivity index (χ1) is 12.7. The number of hydrogen-bond donors (Lipinski definition) is 2. The number of anilines is 2. The van der Waals surface area contributed by atoms with Crippen LogP contribution in [0.15, 0.2) is 35.7 Å². The summed E-state index contributed by atoms with van der Waals surface area (Å²) in [5, 5.41) is 8.44. The quantitative estimate of drug-likeness (QED) is 0.653. The molecule has 0 aliphatic carbocycles. The van der Waals surface area contributed by atoms with E-state index in [1.165, 1.54) is 28.4 Å². The molecule has 1 amide bonds. The van der Waals surface area contributed by atoms with Gasteiger partial charge >= 0.3 is 0 Å². The van der Waals surface area contributed by atoms with Crippen molar-refractivity contribution < 1.29 is 9.53 Å². The fourth-order valence-electron chi connectivity index (χ4n) is 2.69. The van der Waals surface area contributed by atoms with Crippen molar-refractivity contribution in [2.45, 2.75) is 0 Å². The Morgan fingerprint density at radius 2 is 2.12 bits per heavy atom. The summed E-state index contributed by atoms with van der Waals surface area (Å²) in [4.78, 5) is 19.5. The zero-order valence-electron chi connectivity index (χ0n) is 13.7. The molecular formula is C17H16N4O2S3. The van der Waals surface area contributed by atoms with Crippen LogP contribution < -0.4 is 15.5 Å². The molecule has 1 fully saturated rings. The van der Waals surface area contributed by atoms with Gasteiger partial charge in [-0.1, -0.05) is 17.4 Å². The van der Waals surface area contributed by atoms with E-state index in [0.717, 1.165) is 36.5 Å². The molecule has 134 valence electrons. The number of benzene rings is 1. The topological polar surface area (TPSA) is 66.5 Å². The third kappa shape index (κ3) is 3.85. The predicted molar refractivity (Wildman–Crippen MR) is 111 cm³/mol. The molecule has 0 radical (unpaired) electrons. The maximum atomic E-state index is 12.0. The van der Waals surface area contributed by atoms with Crippen LogP contribution in [0.25, 0.3) is 10.2 Å². The van der Waals surface area contributed by atoms with Gasteiger partial charge in [0, 0.05) is 18.8 Å². The number of ether oxygens (including phenoxy) is 1. The van der Waals surface area contributed by atoms with Crippen LogP contribution in [0.1, 0.15) is 9.67 Å². The number of hydrogen-bond acceptors (Lipinski definition) is 7. The average molecular weight is 405 g/mol. The highest BCUT2D eigenvalue weighted by atomic mass is 32.1. The normalized spacial score (nSPS) is 14.4. The molecule has 6 nitrogen and oxygen atoms in total. The Morgan fingerprint density at radius 1 is 1.27 bits per heavy atom. The fraction of sp³-hybridized carbons (Fsp3) is 0.235. The number of carbonyl (C=O) groups excluding carboxylic acids is 1. The van der Waals surface area contributed by atoms with Gasteiger partial charge < -0.3 is 15.0 Å². The molecule has 1 aromatic carbocycles. The smallest absolute Gasteiger partial charge is 0.267 e. The second kappa shape index (κ2) is 7.67. The van der Waals surface area contributed by atoms with Gasteiger partial charge in [0.15, 0.2) is 10.2 Å². The number of rotatable bonds is 3. The molecule has 2 aromatic heterocycles. The number of nitrogens with one attached hydrogen (secondary N) is 2. The summed E-state index contributed by atoms with van der Waals surface area (Å²) in [6.45, 7) is 3.31. The van der Waals surface area contributed by atoms with Crippen LogP contribution in [-0.2, 0) is 4.74 Å². The number of morpholine rings is 1. The van der Waals surface area contributed by atoms with E-state index in [9.17, 15) is 4.79 Å². The second-order valence-corrected chi connectivity index (χ2v) is 8.04. The summed E-state index contributed by atoms with van der Waals surface area (Å²) in [6, 6.07) is 9.81. The summed E-state index contributed by atoms with van der Waals surface area (Å²) >= 11 is 8.11. The third-order valence-corrected chi connectivity index (χ3v) is 5.95. The van der Waals surface area contributed by atoms with E-state index in [0.29, 0.717) is 10.0 Å². The minimum absolute atomic E-state index is 0.215. The summed E-state index contributed by atoms with van der Waals surface area (Å²) in [6.07, 6.45) is 0. The molecule has 26 heavy (non-hydrogen) atoms. The Balaban J connectivity index is 1.45.